The maximum absolute atomic E-state index is 14.2. The van der Waals surface area contributed by atoms with Crippen LogP contribution in [-0.2, 0) is 11.4 Å². The third kappa shape index (κ3) is 6.08. The minimum absolute atomic E-state index is 0.284. The Morgan fingerprint density at radius 3 is 2.50 bits per heavy atom. The van der Waals surface area contributed by atoms with Gasteiger partial charge >= 0.3 is 0 Å². The fourth-order valence-corrected chi connectivity index (χ4v) is 6.32. The number of carbonyl (C=O) groups is 1. The van der Waals surface area contributed by atoms with Crippen LogP contribution in [0.15, 0.2) is 124 Å². The van der Waals surface area contributed by atoms with Gasteiger partial charge < -0.3 is 14.8 Å². The summed E-state index contributed by atoms with van der Waals surface area (Å²) in [5.41, 5.74) is 3.65. The van der Waals surface area contributed by atoms with Gasteiger partial charge in [0, 0.05) is 16.3 Å². The molecule has 0 unspecified atom stereocenters. The molecule has 1 aromatic heterocycles. The third-order valence-electron chi connectivity index (χ3n) is 7.20. The lowest BCUT2D eigenvalue weighted by atomic mass is 9.95. The van der Waals surface area contributed by atoms with Crippen molar-refractivity contribution in [3.05, 3.63) is 156 Å². The number of anilines is 1. The van der Waals surface area contributed by atoms with E-state index in [0.29, 0.717) is 55.0 Å². The number of benzene rings is 4. The van der Waals surface area contributed by atoms with Gasteiger partial charge in [0.05, 0.1) is 29.0 Å². The van der Waals surface area contributed by atoms with E-state index >= 15 is 0 Å². The van der Waals surface area contributed by atoms with Gasteiger partial charge in [0.25, 0.3) is 11.5 Å². The van der Waals surface area contributed by atoms with Crippen LogP contribution in [0.1, 0.15) is 29.7 Å². The van der Waals surface area contributed by atoms with Gasteiger partial charge in [-0.25, -0.2) is 4.99 Å². The van der Waals surface area contributed by atoms with E-state index in [9.17, 15) is 9.59 Å². The van der Waals surface area contributed by atoms with Crippen LogP contribution in [0.2, 0.25) is 5.02 Å². The Kier molecular flexibility index (Phi) is 8.45. The lowest BCUT2D eigenvalue weighted by molar-refractivity contribution is -0.113. The van der Waals surface area contributed by atoms with Crippen LogP contribution in [0, 0.1) is 0 Å². The van der Waals surface area contributed by atoms with Crippen LogP contribution in [0.25, 0.3) is 6.08 Å². The minimum Gasteiger partial charge on any atom is -0.497 e. The molecule has 0 aliphatic carbocycles. The first-order valence-corrected chi connectivity index (χ1v) is 15.1. The fourth-order valence-electron chi connectivity index (χ4n) is 5.10. The second-order valence-corrected chi connectivity index (χ2v) is 11.6. The molecule has 0 radical (unpaired) electrons. The van der Waals surface area contributed by atoms with Crippen molar-refractivity contribution in [2.45, 2.75) is 19.6 Å². The molecule has 1 N–H and O–H groups in total. The number of aromatic nitrogens is 1. The number of para-hydroxylation sites is 1. The smallest absolute Gasteiger partial charge is 0.271 e. The molecule has 0 spiro atoms. The molecule has 5 aromatic rings. The summed E-state index contributed by atoms with van der Waals surface area (Å²) in [5.74, 6) is 0.861. The van der Waals surface area contributed by atoms with Gasteiger partial charge in [0.1, 0.15) is 18.1 Å². The number of allylic oxidation sites excluding steroid dienone is 1. The second kappa shape index (κ2) is 12.8. The SMILES string of the molecule is COc1cccc([C@@H]2C(C(=O)Nc3ccccc3)=C(C)N=c3s/c(=C\c4cc(Cl)ccc4OCc4ccccc4)c(=O)n32)c1. The van der Waals surface area contributed by atoms with Gasteiger partial charge in [-0.05, 0) is 66.6 Å². The van der Waals surface area contributed by atoms with Crippen molar-refractivity contribution in [2.24, 2.45) is 4.99 Å². The van der Waals surface area contributed by atoms with Gasteiger partial charge in [-0.2, -0.15) is 0 Å². The maximum Gasteiger partial charge on any atom is 0.271 e. The van der Waals surface area contributed by atoms with E-state index in [1.165, 1.54) is 11.3 Å². The molecule has 1 aliphatic heterocycles. The molecular weight excluding hydrogens is 594 g/mol. The molecule has 1 atom stereocenters. The number of ether oxygens (including phenoxy) is 2. The van der Waals surface area contributed by atoms with E-state index in [1.807, 2.05) is 84.9 Å². The number of thiazole rings is 1. The van der Waals surface area contributed by atoms with E-state index in [-0.39, 0.29) is 11.5 Å². The summed E-state index contributed by atoms with van der Waals surface area (Å²) in [4.78, 5) is 33.2. The second-order valence-electron chi connectivity index (χ2n) is 10.1. The lowest BCUT2D eigenvalue weighted by Crippen LogP contribution is -2.40. The van der Waals surface area contributed by atoms with Crippen molar-refractivity contribution in [3.8, 4) is 11.5 Å². The third-order valence-corrected chi connectivity index (χ3v) is 8.42. The topological polar surface area (TPSA) is 81.9 Å². The van der Waals surface area contributed by atoms with E-state index in [2.05, 4.69) is 5.32 Å². The van der Waals surface area contributed by atoms with Crippen molar-refractivity contribution >= 4 is 40.6 Å². The quantitative estimate of drug-likeness (QED) is 0.227. The largest absolute Gasteiger partial charge is 0.497 e. The van der Waals surface area contributed by atoms with Crippen molar-refractivity contribution < 1.29 is 14.3 Å². The number of carbonyl (C=O) groups excluding carboxylic acids is 1. The summed E-state index contributed by atoms with van der Waals surface area (Å²) in [6.45, 7) is 2.15. The summed E-state index contributed by atoms with van der Waals surface area (Å²) >= 11 is 7.62. The number of rotatable bonds is 8. The van der Waals surface area contributed by atoms with Crippen LogP contribution < -0.4 is 29.7 Å². The molecule has 0 fully saturated rings. The predicted molar refractivity (Wildman–Crippen MR) is 174 cm³/mol. The average molecular weight is 622 g/mol. The van der Waals surface area contributed by atoms with Crippen LogP contribution in [0.3, 0.4) is 0 Å². The monoisotopic (exact) mass is 621 g/mol. The number of fused-ring (bicyclic) bond motifs is 1. The Hall–Kier alpha value is -4.92. The highest BCUT2D eigenvalue weighted by molar-refractivity contribution is 7.07. The Balaban J connectivity index is 1.46. The Morgan fingerprint density at radius 2 is 1.75 bits per heavy atom. The highest BCUT2D eigenvalue weighted by atomic mass is 35.5. The summed E-state index contributed by atoms with van der Waals surface area (Å²) < 4.78 is 13.6. The van der Waals surface area contributed by atoms with Crippen molar-refractivity contribution in [1.82, 2.24) is 4.57 Å². The van der Waals surface area contributed by atoms with Gasteiger partial charge in [-0.15, -0.1) is 0 Å². The molecule has 0 saturated heterocycles. The lowest BCUT2D eigenvalue weighted by Gasteiger charge is -2.25. The average Bonchev–Trinajstić information content (AvgIpc) is 3.34. The Labute approximate surface area is 263 Å². The van der Waals surface area contributed by atoms with Gasteiger partial charge in [-0.3, -0.25) is 14.2 Å². The minimum atomic E-state index is -0.736. The van der Waals surface area contributed by atoms with Crippen LogP contribution in [-0.4, -0.2) is 17.6 Å². The molecule has 0 saturated carbocycles. The zero-order chi connectivity index (χ0) is 30.6. The first kappa shape index (κ1) is 29.2. The number of halogens is 1. The molecule has 0 bridgehead atoms. The summed E-state index contributed by atoms with van der Waals surface area (Å²) in [7, 11) is 1.58. The molecule has 6 rings (SSSR count). The highest BCUT2D eigenvalue weighted by Crippen LogP contribution is 2.32. The molecule has 44 heavy (non-hydrogen) atoms. The molecule has 7 nitrogen and oxygen atoms in total. The predicted octanol–water partition coefficient (Wildman–Crippen LogP) is 6.11. The van der Waals surface area contributed by atoms with Gasteiger partial charge in [0.15, 0.2) is 4.80 Å². The van der Waals surface area contributed by atoms with Crippen LogP contribution in [0.5, 0.6) is 11.5 Å². The van der Waals surface area contributed by atoms with Crippen molar-refractivity contribution in [1.29, 1.82) is 0 Å². The van der Waals surface area contributed by atoms with Crippen LogP contribution in [0.4, 0.5) is 5.69 Å². The molecule has 4 aromatic carbocycles. The standard InChI is InChI=1S/C35H28ClN3O4S/c1-22-31(33(40)38-27-13-7-4-8-14-27)32(24-12-9-15-28(19-24)42-2)39-34(41)30(44-35(39)37-22)20-25-18-26(36)16-17-29(25)43-21-23-10-5-3-6-11-23/h3-20,32H,21H2,1-2H3,(H,38,40)/b30-20-/t32-/m1/s1. The summed E-state index contributed by atoms with van der Waals surface area (Å²) in [5, 5.41) is 3.48. The Morgan fingerprint density at radius 1 is 1.00 bits per heavy atom. The molecule has 1 amide bonds. The first-order valence-electron chi connectivity index (χ1n) is 13.9. The first-order chi connectivity index (χ1) is 21.4. The number of hydrogen-bond donors (Lipinski definition) is 1. The molecule has 9 heteroatoms. The van der Waals surface area contributed by atoms with Crippen LogP contribution >= 0.6 is 22.9 Å². The maximum atomic E-state index is 14.2. The van der Waals surface area contributed by atoms with Crippen molar-refractivity contribution in [3.63, 3.8) is 0 Å². The van der Waals surface area contributed by atoms with E-state index in [1.54, 1.807) is 42.9 Å². The highest BCUT2D eigenvalue weighted by Gasteiger charge is 2.32. The van der Waals surface area contributed by atoms with E-state index in [4.69, 9.17) is 26.1 Å². The zero-order valence-corrected chi connectivity index (χ0v) is 25.6. The molecule has 220 valence electrons. The summed E-state index contributed by atoms with van der Waals surface area (Å²) in [6, 6.07) is 31.0. The number of amides is 1. The number of methoxy groups -OCH3 is 1. The normalized spacial score (nSPS) is 14.5. The zero-order valence-electron chi connectivity index (χ0n) is 24.0. The Bertz CT molecular complexity index is 2050. The van der Waals surface area contributed by atoms with E-state index < -0.39 is 6.04 Å². The van der Waals surface area contributed by atoms with Crippen molar-refractivity contribution in [2.75, 3.05) is 12.4 Å². The number of nitrogens with one attached hydrogen (secondary N) is 1. The van der Waals surface area contributed by atoms with Gasteiger partial charge in [-0.1, -0.05) is 83.6 Å². The van der Waals surface area contributed by atoms with E-state index in [0.717, 1.165) is 11.1 Å². The number of nitrogens with zero attached hydrogens (tertiary/aromatic N) is 2. The molecule has 1 aliphatic rings. The van der Waals surface area contributed by atoms with Gasteiger partial charge in [0.2, 0.25) is 0 Å². The molecular formula is C35H28ClN3O4S. The fraction of sp³-hybridized carbons (Fsp3) is 0.114. The summed E-state index contributed by atoms with van der Waals surface area (Å²) in [6.07, 6.45) is 1.77. The number of hydrogen-bond acceptors (Lipinski definition) is 6. The molecule has 2 heterocycles.